The standard InChI is InChI=1S/C21H21ClN2OS/c1-13-5-6-14(2)19-18(13)10-16(20(22)23-19)11-24(21(25)15-7-8-15)12-17-4-3-9-26-17/h3-6,9-10,15H,7-8,11-12H2,1-2H3. The van der Waals surface area contributed by atoms with Crippen LogP contribution in [0.2, 0.25) is 5.15 Å². The van der Waals surface area contributed by atoms with Crippen LogP contribution in [0.4, 0.5) is 0 Å². The number of hydrogen-bond acceptors (Lipinski definition) is 3. The van der Waals surface area contributed by atoms with Crippen molar-refractivity contribution in [3.05, 3.63) is 62.4 Å². The van der Waals surface area contributed by atoms with Crippen molar-refractivity contribution in [3.63, 3.8) is 0 Å². The fourth-order valence-electron chi connectivity index (χ4n) is 3.26. The minimum Gasteiger partial charge on any atom is -0.333 e. The van der Waals surface area contributed by atoms with Crippen LogP contribution in [-0.2, 0) is 17.9 Å². The van der Waals surface area contributed by atoms with Gasteiger partial charge in [0.15, 0.2) is 0 Å². The lowest BCUT2D eigenvalue weighted by molar-refractivity contribution is -0.133. The molecule has 0 atom stereocenters. The van der Waals surface area contributed by atoms with Gasteiger partial charge in [-0.25, -0.2) is 4.98 Å². The molecule has 1 aliphatic rings. The van der Waals surface area contributed by atoms with E-state index in [2.05, 4.69) is 36.2 Å². The van der Waals surface area contributed by atoms with Gasteiger partial charge >= 0.3 is 0 Å². The fourth-order valence-corrected chi connectivity index (χ4v) is 4.18. The average Bonchev–Trinajstić information content (AvgIpc) is 3.35. The van der Waals surface area contributed by atoms with E-state index >= 15 is 0 Å². The quantitative estimate of drug-likeness (QED) is 0.544. The van der Waals surface area contributed by atoms with Crippen molar-refractivity contribution in [1.29, 1.82) is 0 Å². The highest BCUT2D eigenvalue weighted by molar-refractivity contribution is 7.09. The zero-order chi connectivity index (χ0) is 18.3. The number of thiophene rings is 1. The van der Waals surface area contributed by atoms with E-state index in [0.717, 1.165) is 34.9 Å². The minimum atomic E-state index is 0.186. The lowest BCUT2D eigenvalue weighted by atomic mass is 10.0. The Labute approximate surface area is 162 Å². The van der Waals surface area contributed by atoms with Crippen molar-refractivity contribution in [3.8, 4) is 0 Å². The third-order valence-electron chi connectivity index (χ3n) is 4.96. The zero-order valence-electron chi connectivity index (χ0n) is 15.0. The molecule has 0 bridgehead atoms. The van der Waals surface area contributed by atoms with Crippen molar-refractivity contribution < 1.29 is 4.79 Å². The van der Waals surface area contributed by atoms with E-state index in [0.29, 0.717) is 18.2 Å². The van der Waals surface area contributed by atoms with Crippen LogP contribution in [0.1, 0.15) is 34.4 Å². The molecule has 2 aromatic heterocycles. The molecule has 0 aliphatic heterocycles. The molecule has 1 aromatic carbocycles. The van der Waals surface area contributed by atoms with Crippen LogP contribution in [-0.4, -0.2) is 15.8 Å². The summed E-state index contributed by atoms with van der Waals surface area (Å²) < 4.78 is 0. The summed E-state index contributed by atoms with van der Waals surface area (Å²) in [6, 6.07) is 10.4. The van der Waals surface area contributed by atoms with Gasteiger partial charge in [-0.05, 0) is 55.3 Å². The summed E-state index contributed by atoms with van der Waals surface area (Å²) in [5.41, 5.74) is 4.15. The number of halogens is 1. The highest BCUT2D eigenvalue weighted by atomic mass is 35.5. The van der Waals surface area contributed by atoms with Gasteiger partial charge in [-0.1, -0.05) is 29.8 Å². The third-order valence-corrected chi connectivity index (χ3v) is 6.14. The number of pyridine rings is 1. The van der Waals surface area contributed by atoms with Crippen LogP contribution < -0.4 is 0 Å². The second kappa shape index (κ2) is 7.01. The minimum absolute atomic E-state index is 0.186. The number of aromatic nitrogens is 1. The van der Waals surface area contributed by atoms with Crippen LogP contribution >= 0.6 is 22.9 Å². The molecule has 0 spiro atoms. The molecular weight excluding hydrogens is 364 g/mol. The van der Waals surface area contributed by atoms with Crippen LogP contribution in [0, 0.1) is 19.8 Å². The molecule has 26 heavy (non-hydrogen) atoms. The molecule has 0 N–H and O–H groups in total. The van der Waals surface area contributed by atoms with Gasteiger partial charge in [-0.3, -0.25) is 4.79 Å². The summed E-state index contributed by atoms with van der Waals surface area (Å²) in [4.78, 5) is 20.6. The predicted octanol–water partition coefficient (Wildman–Crippen LogP) is 5.51. The molecule has 2 heterocycles. The first kappa shape index (κ1) is 17.5. The number of fused-ring (bicyclic) bond motifs is 1. The van der Waals surface area contributed by atoms with Crippen molar-refractivity contribution in [2.75, 3.05) is 0 Å². The van der Waals surface area contributed by atoms with Crippen molar-refractivity contribution in [2.45, 2.75) is 39.8 Å². The van der Waals surface area contributed by atoms with Crippen LogP contribution in [0.25, 0.3) is 10.9 Å². The SMILES string of the molecule is Cc1ccc(C)c2nc(Cl)c(CN(Cc3cccs3)C(=O)C3CC3)cc12. The molecule has 134 valence electrons. The lowest BCUT2D eigenvalue weighted by Crippen LogP contribution is -2.31. The summed E-state index contributed by atoms with van der Waals surface area (Å²) in [5.74, 6) is 0.418. The Bertz CT molecular complexity index is 964. The number of carbonyl (C=O) groups excluding carboxylic acids is 1. The maximum atomic E-state index is 12.8. The monoisotopic (exact) mass is 384 g/mol. The third kappa shape index (κ3) is 3.49. The normalized spacial score (nSPS) is 14.0. The van der Waals surface area contributed by atoms with Gasteiger partial charge in [0.1, 0.15) is 5.15 Å². The first-order valence-corrected chi connectivity index (χ1v) is 10.1. The van der Waals surface area contributed by atoms with Gasteiger partial charge in [0, 0.05) is 28.3 Å². The molecule has 3 aromatic rings. The number of amides is 1. The molecule has 4 rings (SSSR count). The summed E-state index contributed by atoms with van der Waals surface area (Å²) in [6.07, 6.45) is 2.00. The van der Waals surface area contributed by atoms with Gasteiger partial charge < -0.3 is 4.90 Å². The summed E-state index contributed by atoms with van der Waals surface area (Å²) in [7, 11) is 0. The molecule has 1 fully saturated rings. The number of aryl methyl sites for hydroxylation is 2. The predicted molar refractivity (Wildman–Crippen MR) is 108 cm³/mol. The number of nitrogens with zero attached hydrogens (tertiary/aromatic N) is 2. The first-order valence-electron chi connectivity index (χ1n) is 8.89. The summed E-state index contributed by atoms with van der Waals surface area (Å²) in [6.45, 7) is 5.26. The van der Waals surface area contributed by atoms with Gasteiger partial charge in [-0.15, -0.1) is 11.3 Å². The zero-order valence-corrected chi connectivity index (χ0v) is 16.5. The molecule has 1 aliphatic carbocycles. The molecule has 1 saturated carbocycles. The summed E-state index contributed by atoms with van der Waals surface area (Å²) >= 11 is 8.19. The Balaban J connectivity index is 1.69. The Morgan fingerprint density at radius 3 is 2.69 bits per heavy atom. The topological polar surface area (TPSA) is 33.2 Å². The summed E-state index contributed by atoms with van der Waals surface area (Å²) in [5, 5.41) is 3.65. The average molecular weight is 385 g/mol. The van der Waals surface area contributed by atoms with Crippen molar-refractivity contribution in [2.24, 2.45) is 5.92 Å². The number of hydrogen-bond donors (Lipinski definition) is 0. The first-order chi connectivity index (χ1) is 12.5. The van der Waals surface area contributed by atoms with E-state index in [-0.39, 0.29) is 11.8 Å². The fraction of sp³-hybridized carbons (Fsp3) is 0.333. The van der Waals surface area contributed by atoms with Crippen LogP contribution in [0.3, 0.4) is 0 Å². The van der Waals surface area contributed by atoms with Crippen LogP contribution in [0.15, 0.2) is 35.7 Å². The largest absolute Gasteiger partial charge is 0.333 e. The van der Waals surface area contributed by atoms with Gasteiger partial charge in [0.25, 0.3) is 0 Å². The van der Waals surface area contributed by atoms with Gasteiger partial charge in [0.05, 0.1) is 12.1 Å². The van der Waals surface area contributed by atoms with E-state index in [1.54, 1.807) is 11.3 Å². The van der Waals surface area contributed by atoms with Crippen LogP contribution in [0.5, 0.6) is 0 Å². The number of benzene rings is 1. The number of rotatable bonds is 5. The van der Waals surface area contributed by atoms with E-state index in [1.807, 2.05) is 23.3 Å². The number of carbonyl (C=O) groups is 1. The maximum absolute atomic E-state index is 12.8. The molecule has 3 nitrogen and oxygen atoms in total. The Morgan fingerprint density at radius 1 is 1.23 bits per heavy atom. The lowest BCUT2D eigenvalue weighted by Gasteiger charge is -2.23. The second-order valence-corrected chi connectivity index (χ2v) is 8.47. The molecule has 0 saturated heterocycles. The van der Waals surface area contributed by atoms with Crippen molar-refractivity contribution in [1.82, 2.24) is 9.88 Å². The highest BCUT2D eigenvalue weighted by Gasteiger charge is 2.33. The Hall–Kier alpha value is -1.91. The second-order valence-electron chi connectivity index (χ2n) is 7.08. The van der Waals surface area contributed by atoms with Gasteiger partial charge in [-0.2, -0.15) is 0 Å². The molecule has 1 amide bonds. The Morgan fingerprint density at radius 2 is 2.00 bits per heavy atom. The molecule has 0 radical (unpaired) electrons. The van der Waals surface area contributed by atoms with E-state index in [9.17, 15) is 4.79 Å². The van der Waals surface area contributed by atoms with E-state index in [4.69, 9.17) is 11.6 Å². The molecular formula is C21H21ClN2OS. The highest BCUT2D eigenvalue weighted by Crippen LogP contribution is 2.33. The van der Waals surface area contributed by atoms with E-state index in [1.165, 1.54) is 10.4 Å². The molecule has 5 heteroatoms. The smallest absolute Gasteiger partial charge is 0.226 e. The Kier molecular flexibility index (Phi) is 4.72. The maximum Gasteiger partial charge on any atom is 0.226 e. The molecule has 0 unspecified atom stereocenters. The van der Waals surface area contributed by atoms with Gasteiger partial charge in [0.2, 0.25) is 5.91 Å². The van der Waals surface area contributed by atoms with E-state index < -0.39 is 0 Å². The van der Waals surface area contributed by atoms with Crippen molar-refractivity contribution >= 4 is 39.7 Å².